The lowest BCUT2D eigenvalue weighted by Gasteiger charge is -2.22. The quantitative estimate of drug-likeness (QED) is 0.712. The molecular formula is C12H20N2. The lowest BCUT2D eigenvalue weighted by atomic mass is 9.91. The molecule has 78 valence electrons. The van der Waals surface area contributed by atoms with Gasteiger partial charge in [0.2, 0.25) is 0 Å². The maximum atomic E-state index is 3.41. The molecule has 0 saturated carbocycles. The third-order valence-corrected chi connectivity index (χ3v) is 3.20. The van der Waals surface area contributed by atoms with Gasteiger partial charge in [0, 0.05) is 6.54 Å². The van der Waals surface area contributed by atoms with Crippen molar-refractivity contribution < 1.29 is 0 Å². The Balaban J connectivity index is 1.70. The van der Waals surface area contributed by atoms with Crippen molar-refractivity contribution in [3.63, 3.8) is 0 Å². The van der Waals surface area contributed by atoms with Gasteiger partial charge in [-0.25, -0.2) is 0 Å². The number of hydrogen-bond acceptors (Lipinski definition) is 2. The smallest absolute Gasteiger partial charge is 0.0330 e. The second kappa shape index (κ2) is 5.20. The molecule has 14 heavy (non-hydrogen) atoms. The molecule has 0 unspecified atom stereocenters. The minimum atomic E-state index is 0.959. The Morgan fingerprint density at radius 2 is 2.14 bits per heavy atom. The van der Waals surface area contributed by atoms with Crippen molar-refractivity contribution in [1.82, 2.24) is 10.6 Å². The fourth-order valence-electron chi connectivity index (χ4n) is 2.22. The van der Waals surface area contributed by atoms with Crippen LogP contribution in [0.3, 0.4) is 0 Å². The van der Waals surface area contributed by atoms with E-state index in [9.17, 15) is 0 Å². The van der Waals surface area contributed by atoms with Crippen LogP contribution in [0.4, 0.5) is 0 Å². The van der Waals surface area contributed by atoms with Crippen LogP contribution < -0.4 is 10.6 Å². The molecule has 2 rings (SSSR count). The van der Waals surface area contributed by atoms with Gasteiger partial charge in [0.25, 0.3) is 0 Å². The largest absolute Gasteiger partial charge is 0.387 e. The first-order chi connectivity index (χ1) is 6.95. The maximum Gasteiger partial charge on any atom is 0.0330 e. The van der Waals surface area contributed by atoms with E-state index in [0.29, 0.717) is 0 Å². The Morgan fingerprint density at radius 3 is 2.86 bits per heavy atom. The molecule has 2 N–H and O–H groups in total. The second-order valence-electron chi connectivity index (χ2n) is 4.25. The van der Waals surface area contributed by atoms with Gasteiger partial charge in [0.05, 0.1) is 0 Å². The van der Waals surface area contributed by atoms with E-state index in [2.05, 4.69) is 29.0 Å². The van der Waals surface area contributed by atoms with Gasteiger partial charge in [-0.1, -0.05) is 6.08 Å². The van der Waals surface area contributed by atoms with Gasteiger partial charge >= 0.3 is 0 Å². The summed E-state index contributed by atoms with van der Waals surface area (Å²) in [6, 6.07) is 0. The summed E-state index contributed by atoms with van der Waals surface area (Å²) in [7, 11) is 0. The molecule has 0 aromatic carbocycles. The average molecular weight is 192 g/mol. The maximum absolute atomic E-state index is 3.41. The van der Waals surface area contributed by atoms with E-state index in [4.69, 9.17) is 0 Å². The molecule has 0 aromatic rings. The van der Waals surface area contributed by atoms with Crippen molar-refractivity contribution in [2.75, 3.05) is 19.6 Å². The number of rotatable bonds is 3. The van der Waals surface area contributed by atoms with Crippen molar-refractivity contribution in [2.24, 2.45) is 5.92 Å². The van der Waals surface area contributed by atoms with E-state index in [1.807, 2.05) is 0 Å². The summed E-state index contributed by atoms with van der Waals surface area (Å²) in [5.41, 5.74) is 1.52. The van der Waals surface area contributed by atoms with E-state index in [1.54, 1.807) is 0 Å². The van der Waals surface area contributed by atoms with Gasteiger partial charge in [-0.15, -0.1) is 0 Å². The number of piperidine rings is 1. The summed E-state index contributed by atoms with van der Waals surface area (Å²) in [5, 5.41) is 6.60. The zero-order valence-electron chi connectivity index (χ0n) is 8.76. The summed E-state index contributed by atoms with van der Waals surface area (Å²) >= 11 is 0. The molecular weight excluding hydrogens is 172 g/mol. The van der Waals surface area contributed by atoms with Crippen LogP contribution in [0.25, 0.3) is 0 Å². The monoisotopic (exact) mass is 192 g/mol. The Hall–Kier alpha value is -0.760. The molecule has 0 bridgehead atoms. The van der Waals surface area contributed by atoms with E-state index in [1.165, 1.54) is 44.3 Å². The molecule has 0 aromatic heterocycles. The van der Waals surface area contributed by atoms with Crippen molar-refractivity contribution in [1.29, 1.82) is 0 Å². The molecule has 2 heterocycles. The molecule has 2 aliphatic heterocycles. The van der Waals surface area contributed by atoms with E-state index in [-0.39, 0.29) is 0 Å². The molecule has 0 atom stereocenters. The zero-order chi connectivity index (χ0) is 9.64. The predicted molar refractivity (Wildman–Crippen MR) is 60.1 cm³/mol. The van der Waals surface area contributed by atoms with Crippen molar-refractivity contribution >= 4 is 0 Å². The van der Waals surface area contributed by atoms with Gasteiger partial charge in [-0.05, 0) is 62.5 Å². The second-order valence-corrected chi connectivity index (χ2v) is 4.25. The van der Waals surface area contributed by atoms with Crippen LogP contribution in [0.5, 0.6) is 0 Å². The minimum absolute atomic E-state index is 0.959. The highest BCUT2D eigenvalue weighted by Gasteiger charge is 2.12. The molecule has 0 spiro atoms. The fraction of sp³-hybridized carbons (Fsp3) is 0.667. The Kier molecular flexibility index (Phi) is 3.64. The topological polar surface area (TPSA) is 24.1 Å². The predicted octanol–water partition coefficient (Wildman–Crippen LogP) is 1.81. The van der Waals surface area contributed by atoms with E-state index in [0.717, 1.165) is 12.5 Å². The SMILES string of the molecule is C1=CC(CCC2CCNCC2)=CCN1. The van der Waals surface area contributed by atoms with Gasteiger partial charge in [-0.2, -0.15) is 0 Å². The van der Waals surface area contributed by atoms with Crippen molar-refractivity contribution in [3.8, 4) is 0 Å². The summed E-state index contributed by atoms with van der Waals surface area (Å²) in [5.74, 6) is 0.959. The Labute approximate surface area is 86.5 Å². The molecule has 0 radical (unpaired) electrons. The summed E-state index contributed by atoms with van der Waals surface area (Å²) in [4.78, 5) is 0. The highest BCUT2D eigenvalue weighted by molar-refractivity contribution is 5.21. The summed E-state index contributed by atoms with van der Waals surface area (Å²) in [6.45, 7) is 3.46. The Morgan fingerprint density at radius 1 is 1.29 bits per heavy atom. The lowest BCUT2D eigenvalue weighted by molar-refractivity contribution is 0.354. The van der Waals surface area contributed by atoms with Crippen LogP contribution in [0, 0.1) is 5.92 Å². The molecule has 2 aliphatic rings. The normalized spacial score (nSPS) is 23.0. The van der Waals surface area contributed by atoms with Crippen LogP contribution in [0.1, 0.15) is 25.7 Å². The van der Waals surface area contributed by atoms with Crippen LogP contribution in [-0.4, -0.2) is 19.6 Å². The molecule has 2 heteroatoms. The molecule has 1 saturated heterocycles. The number of dihydropyridines is 1. The minimum Gasteiger partial charge on any atom is -0.387 e. The third kappa shape index (κ3) is 2.88. The first-order valence-electron chi connectivity index (χ1n) is 5.75. The molecule has 0 amide bonds. The first-order valence-corrected chi connectivity index (χ1v) is 5.75. The van der Waals surface area contributed by atoms with E-state index >= 15 is 0 Å². The van der Waals surface area contributed by atoms with Crippen LogP contribution in [-0.2, 0) is 0 Å². The summed E-state index contributed by atoms with van der Waals surface area (Å²) in [6.07, 6.45) is 12.0. The standard InChI is InChI=1S/C12H20N2/c1(11-3-7-13-8-4-11)2-12-5-9-14-10-6-12/h3-4,7,12-14H,1-2,5-6,8-10H2. The number of allylic oxidation sites excluding steroid dienone is 2. The van der Waals surface area contributed by atoms with Gasteiger partial charge < -0.3 is 10.6 Å². The van der Waals surface area contributed by atoms with Crippen LogP contribution in [0.15, 0.2) is 23.9 Å². The number of hydrogen-bond donors (Lipinski definition) is 2. The summed E-state index contributed by atoms with van der Waals surface area (Å²) < 4.78 is 0. The molecule has 2 nitrogen and oxygen atoms in total. The highest BCUT2D eigenvalue weighted by Crippen LogP contribution is 2.21. The van der Waals surface area contributed by atoms with Crippen LogP contribution >= 0.6 is 0 Å². The molecule has 1 fully saturated rings. The highest BCUT2D eigenvalue weighted by atomic mass is 14.9. The third-order valence-electron chi connectivity index (χ3n) is 3.20. The molecule has 0 aliphatic carbocycles. The van der Waals surface area contributed by atoms with E-state index < -0.39 is 0 Å². The van der Waals surface area contributed by atoms with Crippen molar-refractivity contribution in [2.45, 2.75) is 25.7 Å². The van der Waals surface area contributed by atoms with Gasteiger partial charge in [0.1, 0.15) is 0 Å². The fourth-order valence-corrected chi connectivity index (χ4v) is 2.22. The zero-order valence-corrected chi connectivity index (χ0v) is 8.76. The van der Waals surface area contributed by atoms with Gasteiger partial charge in [-0.3, -0.25) is 0 Å². The lowest BCUT2D eigenvalue weighted by Crippen LogP contribution is -2.27. The average Bonchev–Trinajstić information content (AvgIpc) is 2.29. The first kappa shape index (κ1) is 9.78. The van der Waals surface area contributed by atoms with Gasteiger partial charge in [0.15, 0.2) is 0 Å². The van der Waals surface area contributed by atoms with Crippen LogP contribution in [0.2, 0.25) is 0 Å². The Bertz CT molecular complexity index is 224. The van der Waals surface area contributed by atoms with Crippen molar-refractivity contribution in [3.05, 3.63) is 23.9 Å². The number of nitrogens with one attached hydrogen (secondary N) is 2.